The molecule has 0 spiro atoms. The Labute approximate surface area is 136 Å². The first-order valence-electron chi connectivity index (χ1n) is 6.29. The Morgan fingerprint density at radius 2 is 1.65 bits per heavy atom. The lowest BCUT2D eigenvalue weighted by Gasteiger charge is -2.18. The zero-order valence-corrected chi connectivity index (χ0v) is 14.9. The summed E-state index contributed by atoms with van der Waals surface area (Å²) >= 11 is 7.06. The maximum atomic E-state index is 6.42. The normalized spacial score (nSPS) is 12.3. The van der Waals surface area contributed by atoms with Crippen LogP contribution in [0.15, 0.2) is 39.3 Å². The van der Waals surface area contributed by atoms with Gasteiger partial charge in [-0.25, -0.2) is 0 Å². The third-order valence-electron chi connectivity index (χ3n) is 3.34. The molecule has 1 unspecified atom stereocenters. The third kappa shape index (κ3) is 3.08. The van der Waals surface area contributed by atoms with Crippen LogP contribution < -0.4 is 10.5 Å². The van der Waals surface area contributed by atoms with Gasteiger partial charge in [0.1, 0.15) is 5.75 Å². The minimum Gasteiger partial charge on any atom is -0.496 e. The number of halogens is 2. The molecule has 0 saturated carbocycles. The van der Waals surface area contributed by atoms with Gasteiger partial charge in [-0.05, 0) is 54.3 Å². The predicted octanol–water partition coefficient (Wildman–Crippen LogP) is 4.89. The van der Waals surface area contributed by atoms with Crippen LogP contribution in [0.2, 0.25) is 0 Å². The van der Waals surface area contributed by atoms with E-state index >= 15 is 0 Å². The Morgan fingerprint density at radius 1 is 1.05 bits per heavy atom. The van der Waals surface area contributed by atoms with Gasteiger partial charge in [0, 0.05) is 8.95 Å². The van der Waals surface area contributed by atoms with Crippen molar-refractivity contribution in [2.45, 2.75) is 19.9 Å². The first kappa shape index (κ1) is 15.5. The molecule has 0 bridgehead atoms. The maximum Gasteiger partial charge on any atom is 0.124 e. The lowest BCUT2D eigenvalue weighted by molar-refractivity contribution is 0.408. The molecule has 0 aliphatic heterocycles. The summed E-state index contributed by atoms with van der Waals surface area (Å²) in [6.07, 6.45) is 0. The van der Waals surface area contributed by atoms with Crippen molar-refractivity contribution in [1.29, 1.82) is 0 Å². The molecule has 20 heavy (non-hydrogen) atoms. The van der Waals surface area contributed by atoms with E-state index in [0.717, 1.165) is 36.9 Å². The van der Waals surface area contributed by atoms with E-state index in [4.69, 9.17) is 10.5 Å². The van der Waals surface area contributed by atoms with E-state index < -0.39 is 0 Å². The second kappa shape index (κ2) is 6.29. The number of aryl methyl sites for hydroxylation is 2. The molecule has 0 saturated heterocycles. The second-order valence-electron chi connectivity index (χ2n) is 4.83. The molecule has 0 radical (unpaired) electrons. The van der Waals surface area contributed by atoms with Gasteiger partial charge in [-0.1, -0.05) is 44.0 Å². The molecule has 106 valence electrons. The van der Waals surface area contributed by atoms with Crippen molar-refractivity contribution < 1.29 is 4.74 Å². The number of ether oxygens (including phenoxy) is 1. The van der Waals surface area contributed by atoms with Gasteiger partial charge in [0.05, 0.1) is 13.2 Å². The molecule has 2 N–H and O–H groups in total. The number of nitrogens with two attached hydrogens (primary N) is 1. The van der Waals surface area contributed by atoms with Gasteiger partial charge in [-0.3, -0.25) is 0 Å². The average Bonchev–Trinajstić information content (AvgIpc) is 2.40. The number of hydrogen-bond donors (Lipinski definition) is 1. The first-order chi connectivity index (χ1) is 9.43. The minimum absolute atomic E-state index is 0.176. The molecule has 2 aromatic carbocycles. The standard InChI is InChI=1S/C16H17Br2NO/c1-9-6-11(7-10(2)16(9)20-3)15(19)13-8-12(17)4-5-14(13)18/h4-8,15H,19H2,1-3H3. The van der Waals surface area contributed by atoms with E-state index in [1.54, 1.807) is 7.11 Å². The van der Waals surface area contributed by atoms with Gasteiger partial charge in [0.15, 0.2) is 0 Å². The van der Waals surface area contributed by atoms with Crippen LogP contribution in [0.25, 0.3) is 0 Å². The van der Waals surface area contributed by atoms with Gasteiger partial charge in [0.25, 0.3) is 0 Å². The summed E-state index contributed by atoms with van der Waals surface area (Å²) in [4.78, 5) is 0. The molecular formula is C16H17Br2NO. The van der Waals surface area contributed by atoms with Gasteiger partial charge < -0.3 is 10.5 Å². The van der Waals surface area contributed by atoms with Crippen LogP contribution >= 0.6 is 31.9 Å². The molecule has 0 aliphatic carbocycles. The second-order valence-corrected chi connectivity index (χ2v) is 6.60. The monoisotopic (exact) mass is 397 g/mol. The van der Waals surface area contributed by atoms with Gasteiger partial charge >= 0.3 is 0 Å². The molecular weight excluding hydrogens is 382 g/mol. The van der Waals surface area contributed by atoms with E-state index in [9.17, 15) is 0 Å². The van der Waals surface area contributed by atoms with Crippen molar-refractivity contribution in [3.8, 4) is 5.75 Å². The fraction of sp³-hybridized carbons (Fsp3) is 0.250. The summed E-state index contributed by atoms with van der Waals surface area (Å²) in [5, 5.41) is 0. The minimum atomic E-state index is -0.176. The fourth-order valence-corrected chi connectivity index (χ4v) is 3.29. The molecule has 0 amide bonds. The SMILES string of the molecule is COc1c(C)cc(C(N)c2cc(Br)ccc2Br)cc1C. The highest BCUT2D eigenvalue weighted by Gasteiger charge is 2.15. The fourth-order valence-electron chi connectivity index (χ4n) is 2.42. The van der Waals surface area contributed by atoms with Crippen LogP contribution in [0.1, 0.15) is 28.3 Å². The number of hydrogen-bond acceptors (Lipinski definition) is 2. The van der Waals surface area contributed by atoms with E-state index in [-0.39, 0.29) is 6.04 Å². The predicted molar refractivity (Wildman–Crippen MR) is 90.3 cm³/mol. The Hall–Kier alpha value is -0.840. The summed E-state index contributed by atoms with van der Waals surface area (Å²) < 4.78 is 7.44. The molecule has 2 aromatic rings. The van der Waals surface area contributed by atoms with Crippen LogP contribution in [0, 0.1) is 13.8 Å². The maximum absolute atomic E-state index is 6.42. The Balaban J connectivity index is 2.48. The van der Waals surface area contributed by atoms with Crippen LogP contribution in [-0.4, -0.2) is 7.11 Å². The van der Waals surface area contributed by atoms with Crippen molar-refractivity contribution in [1.82, 2.24) is 0 Å². The molecule has 4 heteroatoms. The third-order valence-corrected chi connectivity index (χ3v) is 4.55. The lowest BCUT2D eigenvalue weighted by Crippen LogP contribution is -2.13. The first-order valence-corrected chi connectivity index (χ1v) is 7.88. The summed E-state index contributed by atoms with van der Waals surface area (Å²) in [5.74, 6) is 0.925. The topological polar surface area (TPSA) is 35.2 Å². The zero-order valence-electron chi connectivity index (χ0n) is 11.7. The summed E-state index contributed by atoms with van der Waals surface area (Å²) in [6.45, 7) is 4.08. The van der Waals surface area contributed by atoms with E-state index in [1.807, 2.05) is 32.0 Å². The Bertz CT molecular complexity index is 617. The Kier molecular flexibility index (Phi) is 4.89. The molecule has 2 nitrogen and oxygen atoms in total. The summed E-state index contributed by atoms with van der Waals surface area (Å²) in [5.41, 5.74) is 10.8. The molecule has 0 fully saturated rings. The number of methoxy groups -OCH3 is 1. The molecule has 0 heterocycles. The van der Waals surface area contributed by atoms with Crippen molar-refractivity contribution in [2.24, 2.45) is 5.73 Å². The highest BCUT2D eigenvalue weighted by molar-refractivity contribution is 9.11. The van der Waals surface area contributed by atoms with Crippen LogP contribution in [0.5, 0.6) is 5.75 Å². The average molecular weight is 399 g/mol. The Morgan fingerprint density at radius 3 is 2.20 bits per heavy atom. The van der Waals surface area contributed by atoms with Gasteiger partial charge in [0.2, 0.25) is 0 Å². The lowest BCUT2D eigenvalue weighted by atomic mass is 9.96. The highest BCUT2D eigenvalue weighted by Crippen LogP contribution is 2.33. The van der Waals surface area contributed by atoms with Crippen molar-refractivity contribution in [3.63, 3.8) is 0 Å². The van der Waals surface area contributed by atoms with E-state index in [0.29, 0.717) is 0 Å². The zero-order chi connectivity index (χ0) is 14.9. The van der Waals surface area contributed by atoms with Crippen LogP contribution in [-0.2, 0) is 0 Å². The summed E-state index contributed by atoms with van der Waals surface area (Å²) in [7, 11) is 1.69. The quantitative estimate of drug-likeness (QED) is 0.799. The largest absolute Gasteiger partial charge is 0.496 e. The van der Waals surface area contributed by atoms with Crippen molar-refractivity contribution >= 4 is 31.9 Å². The molecule has 2 rings (SSSR count). The molecule has 0 aromatic heterocycles. The van der Waals surface area contributed by atoms with Gasteiger partial charge in [-0.15, -0.1) is 0 Å². The van der Waals surface area contributed by atoms with E-state index in [2.05, 4.69) is 44.0 Å². The van der Waals surface area contributed by atoms with Crippen molar-refractivity contribution in [2.75, 3.05) is 7.11 Å². The highest BCUT2D eigenvalue weighted by atomic mass is 79.9. The smallest absolute Gasteiger partial charge is 0.124 e. The van der Waals surface area contributed by atoms with Crippen LogP contribution in [0.4, 0.5) is 0 Å². The van der Waals surface area contributed by atoms with Crippen LogP contribution in [0.3, 0.4) is 0 Å². The van der Waals surface area contributed by atoms with Crippen molar-refractivity contribution in [3.05, 3.63) is 61.5 Å². The number of rotatable bonds is 3. The van der Waals surface area contributed by atoms with Gasteiger partial charge in [-0.2, -0.15) is 0 Å². The summed E-state index contributed by atoms with van der Waals surface area (Å²) in [6, 6.07) is 10.0. The molecule has 1 atom stereocenters. The molecule has 0 aliphatic rings. The van der Waals surface area contributed by atoms with E-state index in [1.165, 1.54) is 0 Å². The number of benzene rings is 2.